The minimum Gasteiger partial charge on any atom is -0.353 e. The van der Waals surface area contributed by atoms with Crippen LogP contribution in [0.5, 0.6) is 0 Å². The molecule has 1 spiro atoms. The number of aliphatic imine (C=N–C) groups is 1. The number of halogens is 1. The summed E-state index contributed by atoms with van der Waals surface area (Å²) in [7, 11) is 0. The highest BCUT2D eigenvalue weighted by atomic mass is 35.5. The van der Waals surface area contributed by atoms with E-state index in [-0.39, 0.29) is 17.4 Å². The maximum Gasteiger partial charge on any atom is 0.224 e. The Labute approximate surface area is 194 Å². The molecule has 2 aromatic heterocycles. The number of rotatable bonds is 3. The summed E-state index contributed by atoms with van der Waals surface area (Å²) < 4.78 is 2.21. The van der Waals surface area contributed by atoms with E-state index in [0.717, 1.165) is 72.0 Å². The molecular formula is C24H22ClN5OS. The molecule has 6 nitrogen and oxygen atoms in total. The fourth-order valence-electron chi connectivity index (χ4n) is 5.08. The molecule has 0 unspecified atom stereocenters. The van der Waals surface area contributed by atoms with Crippen molar-refractivity contribution >= 4 is 34.6 Å². The molecule has 162 valence electrons. The van der Waals surface area contributed by atoms with Crippen LogP contribution in [0.1, 0.15) is 58.9 Å². The van der Waals surface area contributed by atoms with Gasteiger partial charge in [0.1, 0.15) is 16.4 Å². The average molecular weight is 464 g/mol. The number of hydrogen-bond donors (Lipinski definition) is 1. The molecule has 8 heteroatoms. The summed E-state index contributed by atoms with van der Waals surface area (Å²) in [4.78, 5) is 19.5. The lowest BCUT2D eigenvalue weighted by Crippen LogP contribution is -2.32. The Morgan fingerprint density at radius 3 is 2.78 bits per heavy atom. The van der Waals surface area contributed by atoms with Crippen LogP contribution in [0.4, 0.5) is 0 Å². The minimum absolute atomic E-state index is 0.00531. The number of amides is 1. The number of carbonyl (C=O) groups is 1. The largest absolute Gasteiger partial charge is 0.353 e. The molecule has 1 aliphatic heterocycles. The first kappa shape index (κ1) is 19.0. The summed E-state index contributed by atoms with van der Waals surface area (Å²) in [5.41, 5.74) is 3.92. The van der Waals surface area contributed by atoms with Crippen molar-refractivity contribution in [2.24, 2.45) is 10.9 Å². The Bertz CT molecular complexity index is 1330. The zero-order valence-electron chi connectivity index (χ0n) is 17.7. The molecule has 2 saturated carbocycles. The van der Waals surface area contributed by atoms with Crippen molar-refractivity contribution < 1.29 is 4.79 Å². The van der Waals surface area contributed by atoms with E-state index >= 15 is 0 Å². The highest BCUT2D eigenvalue weighted by molar-refractivity contribution is 7.15. The first-order valence-electron chi connectivity index (χ1n) is 11.3. The summed E-state index contributed by atoms with van der Waals surface area (Å²) in [6, 6.07) is 8.32. The van der Waals surface area contributed by atoms with Crippen LogP contribution in [0.15, 0.2) is 29.3 Å². The molecule has 3 aromatic rings. The second-order valence-electron chi connectivity index (χ2n) is 9.45. The molecule has 1 amide bonds. The van der Waals surface area contributed by atoms with E-state index in [2.05, 4.69) is 26.1 Å². The van der Waals surface area contributed by atoms with E-state index in [0.29, 0.717) is 11.1 Å². The standard InChI is InChI=1S/C24H22ClN5OS/c1-12-28-29-23-24(8-9-24)27-20(15-4-2-3-5-17(15)25)19-16-10-13(21(31)26-14-6-7-14)11-18(16)32-22(19)30(12)23/h2-5,13-14H,6-11H2,1H3,(H,26,31)/t13-/m0/s1. The lowest BCUT2D eigenvalue weighted by Gasteiger charge is -2.13. The Morgan fingerprint density at radius 2 is 2.03 bits per heavy atom. The third-order valence-electron chi connectivity index (χ3n) is 7.11. The molecule has 4 aliphatic rings. The smallest absolute Gasteiger partial charge is 0.224 e. The average Bonchev–Trinajstić information content (AvgIpc) is 3.64. The number of benzene rings is 1. The Balaban J connectivity index is 1.42. The first-order valence-corrected chi connectivity index (χ1v) is 12.5. The van der Waals surface area contributed by atoms with E-state index in [4.69, 9.17) is 16.6 Å². The maximum atomic E-state index is 12.8. The van der Waals surface area contributed by atoms with Gasteiger partial charge in [0, 0.05) is 33.0 Å². The molecule has 3 aliphatic carbocycles. The zero-order chi connectivity index (χ0) is 21.6. The number of aryl methyl sites for hydroxylation is 1. The molecule has 0 saturated heterocycles. The maximum absolute atomic E-state index is 12.8. The number of carbonyl (C=O) groups excluding carboxylic acids is 1. The van der Waals surface area contributed by atoms with Crippen LogP contribution in [-0.2, 0) is 23.2 Å². The summed E-state index contributed by atoms with van der Waals surface area (Å²) in [6.07, 6.45) is 5.66. The molecule has 3 heterocycles. The third-order valence-corrected chi connectivity index (χ3v) is 8.68. The predicted octanol–water partition coefficient (Wildman–Crippen LogP) is 4.12. The van der Waals surface area contributed by atoms with Crippen molar-refractivity contribution in [1.29, 1.82) is 0 Å². The van der Waals surface area contributed by atoms with Gasteiger partial charge in [-0.25, -0.2) is 0 Å². The molecule has 0 radical (unpaired) electrons. The van der Waals surface area contributed by atoms with Gasteiger partial charge in [-0.05, 0) is 57.1 Å². The second-order valence-corrected chi connectivity index (χ2v) is 10.9. The van der Waals surface area contributed by atoms with E-state index in [1.165, 1.54) is 10.4 Å². The van der Waals surface area contributed by atoms with Crippen LogP contribution >= 0.6 is 22.9 Å². The van der Waals surface area contributed by atoms with Crippen LogP contribution < -0.4 is 5.32 Å². The number of nitrogens with one attached hydrogen (secondary N) is 1. The van der Waals surface area contributed by atoms with Crippen molar-refractivity contribution in [3.63, 3.8) is 0 Å². The zero-order valence-corrected chi connectivity index (χ0v) is 19.3. The SMILES string of the molecule is Cc1nnc2n1-c1sc3c(c1C(c1ccccc1Cl)=NC21CC1)C[C@H](C(=O)NC1CC1)C3. The fourth-order valence-corrected chi connectivity index (χ4v) is 6.77. The Morgan fingerprint density at radius 1 is 1.22 bits per heavy atom. The van der Waals surface area contributed by atoms with Crippen molar-refractivity contribution in [3.8, 4) is 5.00 Å². The van der Waals surface area contributed by atoms with Crippen LogP contribution in [-0.4, -0.2) is 32.4 Å². The number of aromatic nitrogens is 3. The second kappa shape index (κ2) is 6.51. The first-order chi connectivity index (χ1) is 15.5. The molecule has 2 fully saturated rings. The highest BCUT2D eigenvalue weighted by Gasteiger charge is 2.52. The quantitative estimate of drug-likeness (QED) is 0.635. The highest BCUT2D eigenvalue weighted by Crippen LogP contribution is 2.54. The molecule has 1 N–H and O–H groups in total. The molecular weight excluding hydrogens is 442 g/mol. The van der Waals surface area contributed by atoms with Gasteiger partial charge in [-0.2, -0.15) is 0 Å². The van der Waals surface area contributed by atoms with E-state index in [1.807, 2.05) is 25.1 Å². The summed E-state index contributed by atoms with van der Waals surface area (Å²) in [5, 5.41) is 14.0. The predicted molar refractivity (Wildman–Crippen MR) is 124 cm³/mol. The molecule has 1 atom stereocenters. The van der Waals surface area contributed by atoms with Gasteiger partial charge in [0.25, 0.3) is 0 Å². The summed E-state index contributed by atoms with van der Waals surface area (Å²) in [5.74, 6) is 2.00. The fraction of sp³-hybridized carbons (Fsp3) is 0.417. The Kier molecular flexibility index (Phi) is 3.87. The number of hydrogen-bond acceptors (Lipinski definition) is 5. The van der Waals surface area contributed by atoms with Crippen LogP contribution in [0.2, 0.25) is 5.02 Å². The molecule has 0 bridgehead atoms. The van der Waals surface area contributed by atoms with Crippen molar-refractivity contribution in [2.45, 2.75) is 57.0 Å². The van der Waals surface area contributed by atoms with E-state index < -0.39 is 0 Å². The normalized spacial score (nSPS) is 22.1. The van der Waals surface area contributed by atoms with Crippen LogP contribution in [0.25, 0.3) is 5.00 Å². The summed E-state index contributed by atoms with van der Waals surface area (Å²) in [6.45, 7) is 2.01. The van der Waals surface area contributed by atoms with Crippen LogP contribution in [0, 0.1) is 12.8 Å². The van der Waals surface area contributed by atoms with Crippen molar-refractivity contribution in [3.05, 3.63) is 62.5 Å². The number of fused-ring (bicyclic) bond motifs is 6. The van der Waals surface area contributed by atoms with Gasteiger partial charge in [0.05, 0.1) is 5.71 Å². The third kappa shape index (κ3) is 2.70. The van der Waals surface area contributed by atoms with Crippen molar-refractivity contribution in [2.75, 3.05) is 0 Å². The van der Waals surface area contributed by atoms with Gasteiger partial charge in [0.15, 0.2) is 5.82 Å². The molecule has 32 heavy (non-hydrogen) atoms. The Hall–Kier alpha value is -2.51. The van der Waals surface area contributed by atoms with Gasteiger partial charge in [-0.15, -0.1) is 21.5 Å². The van der Waals surface area contributed by atoms with Gasteiger partial charge in [-0.1, -0.05) is 29.8 Å². The van der Waals surface area contributed by atoms with Crippen molar-refractivity contribution in [1.82, 2.24) is 20.1 Å². The van der Waals surface area contributed by atoms with Gasteiger partial charge in [-0.3, -0.25) is 14.4 Å². The topological polar surface area (TPSA) is 72.2 Å². The number of nitrogens with zero attached hydrogens (tertiary/aromatic N) is 4. The molecule has 1 aromatic carbocycles. The molecule has 7 rings (SSSR count). The number of thiophene rings is 1. The summed E-state index contributed by atoms with van der Waals surface area (Å²) >= 11 is 8.46. The monoisotopic (exact) mass is 463 g/mol. The van der Waals surface area contributed by atoms with E-state index in [9.17, 15) is 4.79 Å². The minimum atomic E-state index is -0.331. The van der Waals surface area contributed by atoms with Gasteiger partial charge in [0.2, 0.25) is 5.91 Å². The van der Waals surface area contributed by atoms with E-state index in [1.54, 1.807) is 11.3 Å². The van der Waals surface area contributed by atoms with Gasteiger partial charge < -0.3 is 5.32 Å². The lowest BCUT2D eigenvalue weighted by molar-refractivity contribution is -0.124. The lowest BCUT2D eigenvalue weighted by atomic mass is 9.97. The van der Waals surface area contributed by atoms with Crippen LogP contribution in [0.3, 0.4) is 0 Å². The van der Waals surface area contributed by atoms with Gasteiger partial charge >= 0.3 is 0 Å².